The molecule has 5 rings (SSSR count). The quantitative estimate of drug-likeness (QED) is 0.453. The Bertz CT molecular complexity index is 1380. The van der Waals surface area contributed by atoms with Crippen molar-refractivity contribution in [2.45, 2.75) is 6.54 Å². The number of amides is 1. The highest BCUT2D eigenvalue weighted by molar-refractivity contribution is 6.06. The Morgan fingerprint density at radius 1 is 1.06 bits per heavy atom. The lowest BCUT2D eigenvalue weighted by atomic mass is 10.1. The van der Waals surface area contributed by atoms with E-state index in [0.29, 0.717) is 50.0 Å². The van der Waals surface area contributed by atoms with Crippen LogP contribution in [-0.4, -0.2) is 63.7 Å². The number of para-hydroxylation sites is 1. The monoisotopic (exact) mass is 459 g/mol. The van der Waals surface area contributed by atoms with Crippen molar-refractivity contribution in [1.82, 2.24) is 24.5 Å². The molecule has 0 unspecified atom stereocenters. The first-order valence-electron chi connectivity index (χ1n) is 11.1. The molecular weight excluding hydrogens is 434 g/mol. The molecule has 1 amide bonds. The number of hydrogen-bond donors (Lipinski definition) is 0. The minimum atomic E-state index is -0.190. The summed E-state index contributed by atoms with van der Waals surface area (Å²) < 4.78 is 12.2. The molecule has 3 heterocycles. The minimum absolute atomic E-state index is 0.117. The zero-order valence-electron chi connectivity index (χ0n) is 19.1. The number of carbonyl (C=O) groups excluding carboxylic acids is 1. The molecule has 1 fully saturated rings. The van der Waals surface area contributed by atoms with Crippen LogP contribution in [0.5, 0.6) is 5.75 Å². The molecule has 0 saturated carbocycles. The van der Waals surface area contributed by atoms with E-state index in [0.717, 1.165) is 22.2 Å². The average molecular weight is 460 g/mol. The number of ether oxygens (including phenoxy) is 1. The van der Waals surface area contributed by atoms with Gasteiger partial charge in [-0.25, -0.2) is 0 Å². The molecule has 0 aliphatic carbocycles. The number of rotatable bonds is 5. The van der Waals surface area contributed by atoms with Crippen molar-refractivity contribution in [1.29, 1.82) is 0 Å². The van der Waals surface area contributed by atoms with Crippen molar-refractivity contribution < 1.29 is 14.1 Å². The normalized spacial score (nSPS) is 14.5. The van der Waals surface area contributed by atoms with Gasteiger partial charge in [-0.15, -0.1) is 0 Å². The number of piperazine rings is 1. The lowest BCUT2D eigenvalue weighted by Gasteiger charge is -2.34. The summed E-state index contributed by atoms with van der Waals surface area (Å²) in [5.74, 6) is 1.71. The number of fused-ring (bicyclic) bond motifs is 1. The SMILES string of the molecule is COc1ccc(-c2noc(CN3CCN(C(=O)c4cc(=O)n(C)c5ccccc45)CC3)n2)cc1. The molecule has 2 aromatic heterocycles. The molecule has 0 bridgehead atoms. The van der Waals surface area contributed by atoms with Crippen LogP contribution in [0.2, 0.25) is 0 Å². The Morgan fingerprint density at radius 2 is 1.79 bits per heavy atom. The van der Waals surface area contributed by atoms with E-state index in [4.69, 9.17) is 9.26 Å². The maximum atomic E-state index is 13.3. The lowest BCUT2D eigenvalue weighted by Crippen LogP contribution is -2.48. The summed E-state index contributed by atoms with van der Waals surface area (Å²) in [6.07, 6.45) is 0. The van der Waals surface area contributed by atoms with Gasteiger partial charge in [0.15, 0.2) is 0 Å². The number of carbonyl (C=O) groups is 1. The van der Waals surface area contributed by atoms with E-state index in [1.807, 2.05) is 48.5 Å². The van der Waals surface area contributed by atoms with E-state index in [2.05, 4.69) is 15.0 Å². The molecule has 2 aromatic carbocycles. The van der Waals surface area contributed by atoms with Crippen LogP contribution in [0.3, 0.4) is 0 Å². The minimum Gasteiger partial charge on any atom is -0.497 e. The molecule has 4 aromatic rings. The molecule has 1 aliphatic heterocycles. The van der Waals surface area contributed by atoms with Crippen molar-refractivity contribution in [3.8, 4) is 17.1 Å². The van der Waals surface area contributed by atoms with Gasteiger partial charge in [-0.2, -0.15) is 4.98 Å². The van der Waals surface area contributed by atoms with Gasteiger partial charge in [-0.05, 0) is 30.3 Å². The van der Waals surface area contributed by atoms with E-state index in [9.17, 15) is 9.59 Å². The fourth-order valence-electron chi connectivity index (χ4n) is 4.23. The van der Waals surface area contributed by atoms with Crippen LogP contribution in [0.4, 0.5) is 0 Å². The highest BCUT2D eigenvalue weighted by Gasteiger charge is 2.25. The first kappa shape index (κ1) is 21.8. The molecule has 9 heteroatoms. The molecule has 0 radical (unpaired) electrons. The smallest absolute Gasteiger partial charge is 0.254 e. The van der Waals surface area contributed by atoms with Crippen molar-refractivity contribution in [3.05, 3.63) is 76.4 Å². The third-order valence-electron chi connectivity index (χ3n) is 6.22. The topological polar surface area (TPSA) is 93.7 Å². The van der Waals surface area contributed by atoms with Crippen molar-refractivity contribution in [2.24, 2.45) is 7.05 Å². The van der Waals surface area contributed by atoms with E-state index < -0.39 is 0 Å². The van der Waals surface area contributed by atoms with Crippen LogP contribution in [0.25, 0.3) is 22.3 Å². The molecule has 1 aliphatic rings. The molecular formula is C25H25N5O4. The largest absolute Gasteiger partial charge is 0.497 e. The highest BCUT2D eigenvalue weighted by Crippen LogP contribution is 2.21. The Hall–Kier alpha value is -3.98. The van der Waals surface area contributed by atoms with Crippen molar-refractivity contribution in [3.63, 3.8) is 0 Å². The van der Waals surface area contributed by atoms with Gasteiger partial charge in [0.05, 0.1) is 24.7 Å². The van der Waals surface area contributed by atoms with Gasteiger partial charge >= 0.3 is 0 Å². The van der Waals surface area contributed by atoms with E-state index in [1.165, 1.54) is 6.07 Å². The molecule has 0 atom stereocenters. The fourth-order valence-corrected chi connectivity index (χ4v) is 4.23. The molecule has 9 nitrogen and oxygen atoms in total. The van der Waals surface area contributed by atoms with Gasteiger partial charge in [0, 0.05) is 50.2 Å². The van der Waals surface area contributed by atoms with Crippen LogP contribution < -0.4 is 10.3 Å². The molecule has 1 saturated heterocycles. The van der Waals surface area contributed by atoms with Crippen LogP contribution in [0.1, 0.15) is 16.2 Å². The number of benzene rings is 2. The summed E-state index contributed by atoms with van der Waals surface area (Å²) in [6, 6.07) is 16.4. The number of pyridine rings is 1. The summed E-state index contributed by atoms with van der Waals surface area (Å²) in [4.78, 5) is 34.1. The number of aryl methyl sites for hydroxylation is 1. The van der Waals surface area contributed by atoms with Gasteiger partial charge < -0.3 is 18.7 Å². The summed E-state index contributed by atoms with van der Waals surface area (Å²) in [5.41, 5.74) is 1.87. The standard InChI is InChI=1S/C25H25N5O4/c1-28-21-6-4-3-5-19(21)20(15-23(28)31)25(32)30-13-11-29(12-14-30)16-22-26-24(27-34-22)17-7-9-18(33-2)10-8-17/h3-10,15H,11-14,16H2,1-2H3. The van der Waals surface area contributed by atoms with E-state index >= 15 is 0 Å². The van der Waals surface area contributed by atoms with Crippen LogP contribution >= 0.6 is 0 Å². The van der Waals surface area contributed by atoms with Gasteiger partial charge in [-0.1, -0.05) is 23.4 Å². The number of methoxy groups -OCH3 is 1. The molecule has 0 N–H and O–H groups in total. The fraction of sp³-hybridized carbons (Fsp3) is 0.280. The maximum Gasteiger partial charge on any atom is 0.254 e. The van der Waals surface area contributed by atoms with Crippen LogP contribution in [0, 0.1) is 0 Å². The summed E-state index contributed by atoms with van der Waals surface area (Å²) in [7, 11) is 3.34. The van der Waals surface area contributed by atoms with E-state index in [1.54, 1.807) is 23.6 Å². The van der Waals surface area contributed by atoms with Gasteiger partial charge in [0.1, 0.15) is 5.75 Å². The Morgan fingerprint density at radius 3 is 2.53 bits per heavy atom. The highest BCUT2D eigenvalue weighted by atomic mass is 16.5. The van der Waals surface area contributed by atoms with Crippen LogP contribution in [0.15, 0.2) is 63.9 Å². The zero-order chi connectivity index (χ0) is 23.7. The van der Waals surface area contributed by atoms with Gasteiger partial charge in [0.2, 0.25) is 11.7 Å². The number of hydrogen-bond acceptors (Lipinski definition) is 7. The third-order valence-corrected chi connectivity index (χ3v) is 6.22. The first-order valence-corrected chi connectivity index (χ1v) is 11.1. The predicted octanol–water partition coefficient (Wildman–Crippen LogP) is 2.56. The number of nitrogens with zero attached hydrogens (tertiary/aromatic N) is 5. The second kappa shape index (κ2) is 9.11. The molecule has 174 valence electrons. The predicted molar refractivity (Wildman–Crippen MR) is 127 cm³/mol. The molecule has 0 spiro atoms. The van der Waals surface area contributed by atoms with E-state index in [-0.39, 0.29) is 11.5 Å². The number of aromatic nitrogens is 3. The lowest BCUT2D eigenvalue weighted by molar-refractivity contribution is 0.0616. The van der Waals surface area contributed by atoms with Gasteiger partial charge in [0.25, 0.3) is 11.5 Å². The Labute approximate surface area is 196 Å². The Kier molecular flexibility index (Phi) is 5.85. The summed E-state index contributed by atoms with van der Waals surface area (Å²) in [5, 5.41) is 4.87. The average Bonchev–Trinajstić information content (AvgIpc) is 3.35. The summed E-state index contributed by atoms with van der Waals surface area (Å²) in [6.45, 7) is 2.98. The third kappa shape index (κ3) is 4.17. The van der Waals surface area contributed by atoms with Crippen molar-refractivity contribution in [2.75, 3.05) is 33.3 Å². The summed E-state index contributed by atoms with van der Waals surface area (Å²) >= 11 is 0. The van der Waals surface area contributed by atoms with Crippen LogP contribution in [-0.2, 0) is 13.6 Å². The first-order chi connectivity index (χ1) is 16.5. The Balaban J connectivity index is 1.24. The van der Waals surface area contributed by atoms with Gasteiger partial charge in [-0.3, -0.25) is 14.5 Å². The second-order valence-corrected chi connectivity index (χ2v) is 8.28. The molecule has 34 heavy (non-hydrogen) atoms. The zero-order valence-corrected chi connectivity index (χ0v) is 19.1. The maximum absolute atomic E-state index is 13.3. The van der Waals surface area contributed by atoms with Crippen molar-refractivity contribution >= 4 is 16.8 Å². The second-order valence-electron chi connectivity index (χ2n) is 8.28.